The van der Waals surface area contributed by atoms with Gasteiger partial charge in [-0.25, -0.2) is 13.2 Å². The van der Waals surface area contributed by atoms with Gasteiger partial charge in [0.2, 0.25) is 0 Å². The molecule has 4 nitrogen and oxygen atoms in total. The van der Waals surface area contributed by atoms with Gasteiger partial charge in [0, 0.05) is 24.1 Å². The lowest BCUT2D eigenvalue weighted by Gasteiger charge is -2.09. The normalized spacial score (nSPS) is 11.1. The Kier molecular flexibility index (Phi) is 4.43. The molecule has 7 heteroatoms. The fraction of sp³-hybridized carbons (Fsp3) is 0.0952. The monoisotopic (exact) mass is 383 g/mol. The van der Waals surface area contributed by atoms with Crippen LogP contribution in [-0.2, 0) is 13.7 Å². The maximum Gasteiger partial charge on any atom is 0.161 e. The van der Waals surface area contributed by atoms with E-state index < -0.39 is 17.5 Å². The molecule has 0 bridgehead atoms. The lowest BCUT2D eigenvalue weighted by molar-refractivity contribution is 0.306. The highest BCUT2D eigenvalue weighted by Gasteiger charge is 2.12. The van der Waals surface area contributed by atoms with Crippen LogP contribution in [0.5, 0.6) is 5.75 Å². The summed E-state index contributed by atoms with van der Waals surface area (Å²) in [5, 5.41) is 5.03. The Balaban J connectivity index is 1.51. The Morgan fingerprint density at radius 2 is 1.64 bits per heavy atom. The standard InChI is InChI=1S/C21H16F3N3O/c1-27-20-7-2-12(8-16(20)21(25)26-27)11-28-14-5-3-13(4-6-14)15-9-18(23)19(24)10-17(15)22/h2-10H,11H2,1H3,(H2,25,26). The summed E-state index contributed by atoms with van der Waals surface area (Å²) in [6.07, 6.45) is 0. The molecule has 0 aliphatic carbocycles. The minimum absolute atomic E-state index is 0.0112. The van der Waals surface area contributed by atoms with E-state index in [0.717, 1.165) is 22.5 Å². The van der Waals surface area contributed by atoms with E-state index in [-0.39, 0.29) is 5.56 Å². The van der Waals surface area contributed by atoms with Gasteiger partial charge in [0.05, 0.1) is 5.52 Å². The molecule has 3 aromatic carbocycles. The SMILES string of the molecule is Cn1nc(N)c2cc(COc3ccc(-c4cc(F)c(F)cc4F)cc3)ccc21. The first kappa shape index (κ1) is 17.9. The molecule has 142 valence electrons. The molecule has 0 radical (unpaired) electrons. The van der Waals surface area contributed by atoms with Gasteiger partial charge in [0.15, 0.2) is 17.5 Å². The van der Waals surface area contributed by atoms with Gasteiger partial charge in [-0.3, -0.25) is 4.68 Å². The Labute approximate surface area is 159 Å². The van der Waals surface area contributed by atoms with E-state index in [4.69, 9.17) is 10.5 Å². The summed E-state index contributed by atoms with van der Waals surface area (Å²) in [7, 11) is 1.83. The number of aromatic nitrogens is 2. The molecule has 0 fully saturated rings. The molecule has 0 spiro atoms. The zero-order valence-corrected chi connectivity index (χ0v) is 14.9. The van der Waals surface area contributed by atoms with E-state index in [1.54, 1.807) is 28.9 Å². The number of nitrogens with two attached hydrogens (primary N) is 1. The van der Waals surface area contributed by atoms with Crippen LogP contribution < -0.4 is 10.5 Å². The molecule has 28 heavy (non-hydrogen) atoms. The average Bonchev–Trinajstić information content (AvgIpc) is 2.97. The van der Waals surface area contributed by atoms with Crippen LogP contribution >= 0.6 is 0 Å². The van der Waals surface area contributed by atoms with E-state index in [9.17, 15) is 13.2 Å². The number of hydrogen-bond acceptors (Lipinski definition) is 3. The van der Waals surface area contributed by atoms with Crippen molar-refractivity contribution < 1.29 is 17.9 Å². The quantitative estimate of drug-likeness (QED) is 0.514. The van der Waals surface area contributed by atoms with Crippen molar-refractivity contribution in [2.24, 2.45) is 7.05 Å². The van der Waals surface area contributed by atoms with Crippen LogP contribution in [0, 0.1) is 17.5 Å². The highest BCUT2D eigenvalue weighted by atomic mass is 19.2. The summed E-state index contributed by atoms with van der Waals surface area (Å²) >= 11 is 0. The fourth-order valence-electron chi connectivity index (χ4n) is 3.07. The molecular weight excluding hydrogens is 367 g/mol. The Hall–Kier alpha value is -3.48. The van der Waals surface area contributed by atoms with Gasteiger partial charge >= 0.3 is 0 Å². The van der Waals surface area contributed by atoms with Gasteiger partial charge in [0.1, 0.15) is 18.2 Å². The first-order valence-electron chi connectivity index (χ1n) is 8.51. The maximum absolute atomic E-state index is 13.9. The molecule has 0 aliphatic rings. The number of hydrogen-bond donors (Lipinski definition) is 1. The second kappa shape index (κ2) is 6.92. The number of ether oxygens (including phenoxy) is 1. The molecule has 0 saturated carbocycles. The molecule has 4 aromatic rings. The van der Waals surface area contributed by atoms with Crippen LogP contribution in [-0.4, -0.2) is 9.78 Å². The molecule has 4 rings (SSSR count). The summed E-state index contributed by atoms with van der Waals surface area (Å²) in [5.74, 6) is -2.12. The van der Waals surface area contributed by atoms with E-state index in [0.29, 0.717) is 29.8 Å². The van der Waals surface area contributed by atoms with Crippen LogP contribution in [0.15, 0.2) is 54.6 Å². The van der Waals surface area contributed by atoms with Gasteiger partial charge in [-0.2, -0.15) is 5.10 Å². The number of anilines is 1. The van der Waals surface area contributed by atoms with Crippen molar-refractivity contribution in [2.75, 3.05) is 5.73 Å². The number of rotatable bonds is 4. The second-order valence-corrected chi connectivity index (χ2v) is 6.42. The van der Waals surface area contributed by atoms with Crippen LogP contribution in [0.3, 0.4) is 0 Å². The van der Waals surface area contributed by atoms with Crippen molar-refractivity contribution in [2.45, 2.75) is 6.61 Å². The minimum atomic E-state index is -1.22. The first-order valence-corrected chi connectivity index (χ1v) is 8.51. The molecule has 0 amide bonds. The minimum Gasteiger partial charge on any atom is -0.489 e. The van der Waals surface area contributed by atoms with Gasteiger partial charge in [-0.15, -0.1) is 0 Å². The largest absolute Gasteiger partial charge is 0.489 e. The third-order valence-corrected chi connectivity index (χ3v) is 4.52. The van der Waals surface area contributed by atoms with Crippen molar-refractivity contribution in [3.63, 3.8) is 0 Å². The molecule has 0 saturated heterocycles. The lowest BCUT2D eigenvalue weighted by atomic mass is 10.0. The molecule has 0 aliphatic heterocycles. The van der Waals surface area contributed by atoms with Crippen molar-refractivity contribution in [3.05, 3.63) is 77.6 Å². The maximum atomic E-state index is 13.9. The van der Waals surface area contributed by atoms with Crippen molar-refractivity contribution in [1.82, 2.24) is 9.78 Å². The Morgan fingerprint density at radius 1 is 0.929 bits per heavy atom. The zero-order valence-electron chi connectivity index (χ0n) is 14.9. The van der Waals surface area contributed by atoms with E-state index in [1.807, 2.05) is 25.2 Å². The van der Waals surface area contributed by atoms with Crippen LogP contribution in [0.4, 0.5) is 19.0 Å². The Morgan fingerprint density at radius 3 is 2.39 bits per heavy atom. The van der Waals surface area contributed by atoms with E-state index in [2.05, 4.69) is 5.10 Å². The van der Waals surface area contributed by atoms with Gasteiger partial charge < -0.3 is 10.5 Å². The fourth-order valence-corrected chi connectivity index (χ4v) is 3.07. The summed E-state index contributed by atoms with van der Waals surface area (Å²) in [6, 6.07) is 13.6. The summed E-state index contributed by atoms with van der Waals surface area (Å²) in [4.78, 5) is 0. The molecule has 0 unspecified atom stereocenters. The summed E-state index contributed by atoms with van der Waals surface area (Å²) in [6.45, 7) is 0.309. The smallest absolute Gasteiger partial charge is 0.161 e. The third kappa shape index (κ3) is 3.26. The number of halogens is 3. The number of nitrogens with zero attached hydrogens (tertiary/aromatic N) is 2. The highest BCUT2D eigenvalue weighted by Crippen LogP contribution is 2.27. The number of benzene rings is 3. The van der Waals surface area contributed by atoms with Crippen LogP contribution in [0.25, 0.3) is 22.0 Å². The number of fused-ring (bicyclic) bond motifs is 1. The third-order valence-electron chi connectivity index (χ3n) is 4.52. The predicted octanol–water partition coefficient (Wildman–Crippen LogP) is 4.82. The number of aryl methyl sites for hydroxylation is 1. The van der Waals surface area contributed by atoms with Crippen molar-refractivity contribution in [1.29, 1.82) is 0 Å². The first-order chi connectivity index (χ1) is 13.4. The van der Waals surface area contributed by atoms with E-state index in [1.165, 1.54) is 0 Å². The lowest BCUT2D eigenvalue weighted by Crippen LogP contribution is -1.96. The summed E-state index contributed by atoms with van der Waals surface area (Å²) in [5.41, 5.74) is 8.17. The number of nitrogen functional groups attached to an aromatic ring is 1. The molecule has 1 heterocycles. The summed E-state index contributed by atoms with van der Waals surface area (Å²) < 4.78 is 47.8. The molecule has 2 N–H and O–H groups in total. The predicted molar refractivity (Wildman–Crippen MR) is 101 cm³/mol. The van der Waals surface area contributed by atoms with Gasteiger partial charge in [-0.1, -0.05) is 18.2 Å². The molecule has 1 aromatic heterocycles. The zero-order chi connectivity index (χ0) is 19.8. The van der Waals surface area contributed by atoms with Crippen molar-refractivity contribution >= 4 is 16.7 Å². The van der Waals surface area contributed by atoms with E-state index >= 15 is 0 Å². The molecular formula is C21H16F3N3O. The second-order valence-electron chi connectivity index (χ2n) is 6.42. The average molecular weight is 383 g/mol. The van der Waals surface area contributed by atoms with Crippen LogP contribution in [0.2, 0.25) is 0 Å². The van der Waals surface area contributed by atoms with Crippen LogP contribution in [0.1, 0.15) is 5.56 Å². The molecule has 0 atom stereocenters. The topological polar surface area (TPSA) is 53.1 Å². The Bertz CT molecular complexity index is 1170. The van der Waals surface area contributed by atoms with Gasteiger partial charge in [0.25, 0.3) is 0 Å². The highest BCUT2D eigenvalue weighted by molar-refractivity contribution is 5.89. The van der Waals surface area contributed by atoms with Crippen molar-refractivity contribution in [3.8, 4) is 16.9 Å². The van der Waals surface area contributed by atoms with Gasteiger partial charge in [-0.05, 0) is 41.5 Å².